The van der Waals surface area contributed by atoms with Gasteiger partial charge in [-0.05, 0) is 17.9 Å². The Hall–Kier alpha value is -2.20. The van der Waals surface area contributed by atoms with Gasteiger partial charge in [0.2, 0.25) is 17.8 Å². The molecule has 2 aromatic carbocycles. The van der Waals surface area contributed by atoms with E-state index in [1.807, 2.05) is 36.4 Å². The van der Waals surface area contributed by atoms with Crippen LogP contribution in [0.3, 0.4) is 0 Å². The molecule has 0 N–H and O–H groups in total. The molecule has 0 aliphatic heterocycles. The first-order valence-electron chi connectivity index (χ1n) is 6.42. The van der Waals surface area contributed by atoms with Crippen LogP contribution in [-0.4, -0.2) is 5.78 Å². The van der Waals surface area contributed by atoms with Gasteiger partial charge in [-0.2, -0.15) is 4.57 Å². The molecule has 0 amide bonds. The fourth-order valence-corrected chi connectivity index (χ4v) is 2.31. The number of hydrogen-bond donors (Lipinski definition) is 0. The molecule has 0 fully saturated rings. The predicted octanol–water partition coefficient (Wildman–Crippen LogP) is 2.66. The molecule has 3 rings (SSSR count). The highest BCUT2D eigenvalue weighted by Crippen LogP contribution is 2.17. The topological polar surface area (TPSA) is 44.0 Å². The molecule has 0 saturated heterocycles. The van der Waals surface area contributed by atoms with Gasteiger partial charge in [-0.1, -0.05) is 42.5 Å². The Labute approximate surface area is 133 Å². The monoisotopic (exact) mass is 343 g/mol. The average molecular weight is 344 g/mol. The molecule has 106 valence electrons. The molecule has 4 heteroatoms. The van der Waals surface area contributed by atoms with Gasteiger partial charge in [0, 0.05) is 17.0 Å². The summed E-state index contributed by atoms with van der Waals surface area (Å²) in [6, 6.07) is 18.0. The number of rotatable bonds is 3. The molecule has 0 atom stereocenters. The summed E-state index contributed by atoms with van der Waals surface area (Å²) < 4.78 is 1.72. The lowest BCUT2D eigenvalue weighted by Gasteiger charge is -2.08. The SMILES string of the molecule is Br.O=C(C[n+]1cccc2cccc([O-])c21)c1ccccc1. The van der Waals surface area contributed by atoms with Gasteiger partial charge in [-0.25, -0.2) is 0 Å². The first kappa shape index (κ1) is 15.2. The molecule has 1 aromatic heterocycles. The lowest BCUT2D eigenvalue weighted by atomic mass is 10.1. The number of halogens is 1. The molecule has 0 unspecified atom stereocenters. The molecule has 1 heterocycles. The number of carbonyl (C=O) groups excluding carboxylic acids is 1. The maximum absolute atomic E-state index is 12.2. The van der Waals surface area contributed by atoms with Gasteiger partial charge in [0.15, 0.2) is 6.20 Å². The number of carbonyl (C=O) groups is 1. The van der Waals surface area contributed by atoms with E-state index in [9.17, 15) is 9.90 Å². The Morgan fingerprint density at radius 3 is 2.43 bits per heavy atom. The Morgan fingerprint density at radius 2 is 1.67 bits per heavy atom. The van der Waals surface area contributed by atoms with Crippen LogP contribution in [0.25, 0.3) is 10.9 Å². The fourth-order valence-electron chi connectivity index (χ4n) is 2.31. The van der Waals surface area contributed by atoms with Crippen LogP contribution in [0.15, 0.2) is 66.9 Å². The van der Waals surface area contributed by atoms with Gasteiger partial charge in [0.25, 0.3) is 0 Å². The zero-order valence-electron chi connectivity index (χ0n) is 11.2. The summed E-state index contributed by atoms with van der Waals surface area (Å²) in [5.74, 6) is -0.0738. The average Bonchev–Trinajstić information content (AvgIpc) is 2.48. The summed E-state index contributed by atoms with van der Waals surface area (Å²) in [6.45, 7) is 0.167. The van der Waals surface area contributed by atoms with E-state index in [0.29, 0.717) is 11.1 Å². The van der Waals surface area contributed by atoms with Crippen molar-refractivity contribution < 1.29 is 14.5 Å². The van der Waals surface area contributed by atoms with Crippen LogP contribution in [0.1, 0.15) is 10.4 Å². The van der Waals surface area contributed by atoms with Crippen LogP contribution >= 0.6 is 17.0 Å². The maximum Gasteiger partial charge on any atom is 0.227 e. The number of fused-ring (bicyclic) bond motifs is 1. The van der Waals surface area contributed by atoms with Crippen LogP contribution in [0.2, 0.25) is 0 Å². The largest absolute Gasteiger partial charge is 0.868 e. The quantitative estimate of drug-likeness (QED) is 0.542. The summed E-state index contributed by atoms with van der Waals surface area (Å²) in [7, 11) is 0. The summed E-state index contributed by atoms with van der Waals surface area (Å²) in [6.07, 6.45) is 1.77. The van der Waals surface area contributed by atoms with E-state index < -0.39 is 0 Å². The number of ketones is 1. The van der Waals surface area contributed by atoms with Gasteiger partial charge >= 0.3 is 0 Å². The van der Waals surface area contributed by atoms with E-state index in [1.54, 1.807) is 29.0 Å². The highest BCUT2D eigenvalue weighted by Gasteiger charge is 2.15. The lowest BCUT2D eigenvalue weighted by Crippen LogP contribution is -2.38. The second-order valence-corrected chi connectivity index (χ2v) is 4.62. The third-order valence-corrected chi connectivity index (χ3v) is 3.27. The van der Waals surface area contributed by atoms with Gasteiger partial charge in [-0.3, -0.25) is 4.79 Å². The van der Waals surface area contributed by atoms with Crippen molar-refractivity contribution in [2.45, 2.75) is 6.54 Å². The highest BCUT2D eigenvalue weighted by molar-refractivity contribution is 8.93. The second-order valence-electron chi connectivity index (χ2n) is 4.62. The van der Waals surface area contributed by atoms with Crippen molar-refractivity contribution in [1.82, 2.24) is 0 Å². The second kappa shape index (κ2) is 6.50. The van der Waals surface area contributed by atoms with Crippen LogP contribution in [0.5, 0.6) is 5.75 Å². The van der Waals surface area contributed by atoms with Gasteiger partial charge in [-0.15, -0.1) is 17.0 Å². The van der Waals surface area contributed by atoms with E-state index >= 15 is 0 Å². The molecule has 3 nitrogen and oxygen atoms in total. The molecule has 3 aromatic rings. The van der Waals surface area contributed by atoms with Crippen LogP contribution in [0, 0.1) is 0 Å². The minimum atomic E-state index is -0.0658. The molecule has 21 heavy (non-hydrogen) atoms. The first-order chi connectivity index (χ1) is 9.75. The standard InChI is InChI=1S/C17H13NO2.BrH/c19-15-10-4-8-14-9-5-11-18(17(14)15)12-16(20)13-6-2-1-3-7-13;/h1-11H,12H2;1H. The van der Waals surface area contributed by atoms with Gasteiger partial charge in [0.05, 0.1) is 0 Å². The number of para-hydroxylation sites is 1. The van der Waals surface area contributed by atoms with E-state index in [1.165, 1.54) is 6.07 Å². The smallest absolute Gasteiger partial charge is 0.227 e. The zero-order chi connectivity index (χ0) is 13.9. The molecule has 0 saturated carbocycles. The number of aromatic nitrogens is 1. The van der Waals surface area contributed by atoms with Gasteiger partial charge < -0.3 is 5.11 Å². The molecule has 0 aliphatic rings. The summed E-state index contributed by atoms with van der Waals surface area (Å²) in [5.41, 5.74) is 1.22. The van der Waals surface area contributed by atoms with E-state index in [4.69, 9.17) is 0 Å². The molecule has 0 aliphatic carbocycles. The van der Waals surface area contributed by atoms with E-state index in [0.717, 1.165) is 5.39 Å². The Balaban J connectivity index is 0.00000161. The maximum atomic E-state index is 12.2. The summed E-state index contributed by atoms with van der Waals surface area (Å²) in [4.78, 5) is 12.2. The summed E-state index contributed by atoms with van der Waals surface area (Å²) in [5, 5.41) is 12.8. The van der Waals surface area contributed by atoms with Crippen molar-refractivity contribution in [3.05, 3.63) is 72.4 Å². The number of benzene rings is 2. The molecule has 0 radical (unpaired) electrons. The first-order valence-corrected chi connectivity index (χ1v) is 6.42. The van der Waals surface area contributed by atoms with Crippen molar-refractivity contribution in [3.63, 3.8) is 0 Å². The molecular formula is C17H14BrNO2. The van der Waals surface area contributed by atoms with Crippen molar-refractivity contribution >= 4 is 33.7 Å². The number of hydrogen-bond acceptors (Lipinski definition) is 2. The molecule has 0 bridgehead atoms. The predicted molar refractivity (Wildman–Crippen MR) is 84.7 cm³/mol. The van der Waals surface area contributed by atoms with Crippen LogP contribution < -0.4 is 9.67 Å². The van der Waals surface area contributed by atoms with Crippen LogP contribution in [0.4, 0.5) is 0 Å². The fraction of sp³-hybridized carbons (Fsp3) is 0.0588. The molecule has 0 spiro atoms. The lowest BCUT2D eigenvalue weighted by molar-refractivity contribution is -0.658. The zero-order valence-corrected chi connectivity index (χ0v) is 12.9. The number of nitrogens with zero attached hydrogens (tertiary/aromatic N) is 1. The molecular weight excluding hydrogens is 330 g/mol. The van der Waals surface area contributed by atoms with E-state index in [2.05, 4.69) is 0 Å². The summed E-state index contributed by atoms with van der Waals surface area (Å²) >= 11 is 0. The highest BCUT2D eigenvalue weighted by atomic mass is 79.9. The van der Waals surface area contributed by atoms with Crippen molar-refractivity contribution in [3.8, 4) is 5.75 Å². The van der Waals surface area contributed by atoms with Gasteiger partial charge in [0.1, 0.15) is 0 Å². The number of pyridine rings is 1. The minimum absolute atomic E-state index is 0. The van der Waals surface area contributed by atoms with E-state index in [-0.39, 0.29) is 35.1 Å². The third-order valence-electron chi connectivity index (χ3n) is 3.27. The Kier molecular flexibility index (Phi) is 4.70. The van der Waals surface area contributed by atoms with Crippen molar-refractivity contribution in [2.75, 3.05) is 0 Å². The number of Topliss-reactive ketones (excluding diaryl/α,β-unsaturated/α-hetero) is 1. The minimum Gasteiger partial charge on any atom is -0.868 e. The van der Waals surface area contributed by atoms with Crippen molar-refractivity contribution in [2.24, 2.45) is 0 Å². The Bertz CT molecular complexity index is 767. The van der Waals surface area contributed by atoms with Crippen LogP contribution in [-0.2, 0) is 6.54 Å². The normalized spacial score (nSPS) is 10.1. The Morgan fingerprint density at radius 1 is 0.952 bits per heavy atom. The van der Waals surface area contributed by atoms with Crippen molar-refractivity contribution in [1.29, 1.82) is 0 Å². The third kappa shape index (κ3) is 3.11.